The third-order valence-electron chi connectivity index (χ3n) is 6.63. The van der Waals surface area contributed by atoms with Crippen LogP contribution in [0.4, 0.5) is 5.69 Å². The number of anilines is 1. The zero-order valence-electron chi connectivity index (χ0n) is 23.7. The van der Waals surface area contributed by atoms with Gasteiger partial charge in [0.25, 0.3) is 5.91 Å². The lowest BCUT2D eigenvalue weighted by atomic mass is 10.1. The van der Waals surface area contributed by atoms with Crippen molar-refractivity contribution in [3.63, 3.8) is 0 Å². The molecule has 0 unspecified atom stereocenters. The number of esters is 1. The summed E-state index contributed by atoms with van der Waals surface area (Å²) in [6, 6.07) is 15.0. The van der Waals surface area contributed by atoms with E-state index in [1.54, 1.807) is 36.1 Å². The highest BCUT2D eigenvalue weighted by Crippen LogP contribution is 2.18. The van der Waals surface area contributed by atoms with E-state index in [9.17, 15) is 14.4 Å². The van der Waals surface area contributed by atoms with Crippen molar-refractivity contribution in [1.29, 1.82) is 0 Å². The molecule has 0 radical (unpaired) electrons. The van der Waals surface area contributed by atoms with E-state index in [-0.39, 0.29) is 37.6 Å². The Bertz CT molecular complexity index is 1090. The van der Waals surface area contributed by atoms with E-state index in [1.165, 1.54) is 5.56 Å². The Labute approximate surface area is 242 Å². The van der Waals surface area contributed by atoms with Gasteiger partial charge in [-0.15, -0.1) is 0 Å². The van der Waals surface area contributed by atoms with Crippen molar-refractivity contribution in [2.75, 3.05) is 70.5 Å². The highest BCUT2D eigenvalue weighted by molar-refractivity contribution is 6.30. The monoisotopic (exact) mass is 572 g/mol. The van der Waals surface area contributed by atoms with Crippen LogP contribution in [0.3, 0.4) is 0 Å². The first-order valence-electron chi connectivity index (χ1n) is 13.9. The zero-order chi connectivity index (χ0) is 28.9. The molecule has 0 spiro atoms. The smallest absolute Gasteiger partial charge is 0.319 e. The highest BCUT2D eigenvalue weighted by Gasteiger charge is 2.23. The first-order chi connectivity index (χ1) is 19.3. The van der Waals surface area contributed by atoms with Gasteiger partial charge < -0.3 is 19.3 Å². The Balaban J connectivity index is 1.53. The topological polar surface area (TPSA) is 91.4 Å². The second-order valence-electron chi connectivity index (χ2n) is 9.93. The molecule has 10 heteroatoms. The van der Waals surface area contributed by atoms with Crippen molar-refractivity contribution in [2.24, 2.45) is 0 Å². The first kappa shape index (κ1) is 31.5. The van der Waals surface area contributed by atoms with Crippen LogP contribution in [0.15, 0.2) is 48.5 Å². The number of amides is 2. The van der Waals surface area contributed by atoms with Crippen LogP contribution in [-0.2, 0) is 25.5 Å². The van der Waals surface area contributed by atoms with E-state index < -0.39 is 5.97 Å². The average Bonchev–Trinajstić information content (AvgIpc) is 2.95. The van der Waals surface area contributed by atoms with Gasteiger partial charge in [-0.05, 0) is 69.2 Å². The van der Waals surface area contributed by atoms with Crippen molar-refractivity contribution in [3.8, 4) is 0 Å². The lowest BCUT2D eigenvalue weighted by Crippen LogP contribution is -2.49. The van der Waals surface area contributed by atoms with Crippen molar-refractivity contribution in [2.45, 2.75) is 33.3 Å². The van der Waals surface area contributed by atoms with Crippen LogP contribution in [0.1, 0.15) is 36.7 Å². The number of carbonyl (C=O) groups is 3. The van der Waals surface area contributed by atoms with Gasteiger partial charge in [0.05, 0.1) is 32.4 Å². The predicted molar refractivity (Wildman–Crippen MR) is 157 cm³/mol. The van der Waals surface area contributed by atoms with Crippen molar-refractivity contribution in [3.05, 3.63) is 64.7 Å². The fourth-order valence-electron chi connectivity index (χ4n) is 4.44. The number of rotatable bonds is 14. The summed E-state index contributed by atoms with van der Waals surface area (Å²) in [7, 11) is 0. The molecule has 0 aromatic heterocycles. The Morgan fingerprint density at radius 3 is 2.27 bits per heavy atom. The van der Waals surface area contributed by atoms with Crippen molar-refractivity contribution >= 4 is 35.1 Å². The molecule has 1 N–H and O–H groups in total. The van der Waals surface area contributed by atoms with Crippen LogP contribution in [0, 0.1) is 0 Å². The molecule has 1 heterocycles. The van der Waals surface area contributed by atoms with Gasteiger partial charge in [-0.2, -0.15) is 0 Å². The predicted octanol–water partition coefficient (Wildman–Crippen LogP) is 3.25. The van der Waals surface area contributed by atoms with Crippen LogP contribution in [0.5, 0.6) is 0 Å². The molecule has 0 atom stereocenters. The largest absolute Gasteiger partial charge is 0.465 e. The van der Waals surface area contributed by atoms with Crippen LogP contribution in [0.2, 0.25) is 5.02 Å². The third-order valence-corrected chi connectivity index (χ3v) is 6.89. The summed E-state index contributed by atoms with van der Waals surface area (Å²) in [5.74, 6) is -0.623. The van der Waals surface area contributed by atoms with Crippen LogP contribution < -0.4 is 10.2 Å². The SMILES string of the molecule is CCOC(=O)CNCC(=O)N(CCOC(C)C)c1ccc(C(=O)N2CCN(CCc3ccc(Cl)cc3)CC2)cc1. The van der Waals surface area contributed by atoms with Gasteiger partial charge in [0.2, 0.25) is 5.91 Å². The molecular formula is C30H41ClN4O5. The van der Waals surface area contributed by atoms with Gasteiger partial charge in [0.15, 0.2) is 0 Å². The Kier molecular flexibility index (Phi) is 12.9. The fraction of sp³-hybridized carbons (Fsp3) is 0.500. The number of hydrogen-bond donors (Lipinski definition) is 1. The molecular weight excluding hydrogens is 532 g/mol. The number of benzene rings is 2. The van der Waals surface area contributed by atoms with Gasteiger partial charge >= 0.3 is 5.97 Å². The highest BCUT2D eigenvalue weighted by atomic mass is 35.5. The van der Waals surface area contributed by atoms with Gasteiger partial charge in [0.1, 0.15) is 0 Å². The Morgan fingerprint density at radius 1 is 0.975 bits per heavy atom. The summed E-state index contributed by atoms with van der Waals surface area (Å²) in [5.41, 5.74) is 2.50. The number of nitrogens with one attached hydrogen (secondary N) is 1. The Morgan fingerprint density at radius 2 is 1.65 bits per heavy atom. The number of piperazine rings is 1. The van der Waals surface area contributed by atoms with Gasteiger partial charge in [0, 0.05) is 55.5 Å². The van der Waals surface area contributed by atoms with Crippen LogP contribution >= 0.6 is 11.6 Å². The van der Waals surface area contributed by atoms with E-state index in [4.69, 9.17) is 21.1 Å². The van der Waals surface area contributed by atoms with Crippen LogP contribution in [0.25, 0.3) is 0 Å². The van der Waals surface area contributed by atoms with E-state index in [1.807, 2.05) is 30.9 Å². The molecule has 2 aromatic rings. The molecule has 3 rings (SSSR count). The van der Waals surface area contributed by atoms with Crippen molar-refractivity contribution < 1.29 is 23.9 Å². The number of halogens is 1. The molecule has 0 bridgehead atoms. The standard InChI is InChI=1S/C30H41ClN4O5/c1-4-39-29(37)22-32-21-28(36)35(19-20-40-23(2)3)27-11-7-25(8-12-27)30(38)34-17-15-33(16-18-34)14-13-24-5-9-26(31)10-6-24/h5-12,23,32H,4,13-22H2,1-3H3. The first-order valence-corrected chi connectivity index (χ1v) is 14.3. The van der Waals surface area contributed by atoms with E-state index >= 15 is 0 Å². The maximum atomic E-state index is 13.2. The summed E-state index contributed by atoms with van der Waals surface area (Å²) in [5, 5.41) is 3.58. The van der Waals surface area contributed by atoms with E-state index in [0.29, 0.717) is 37.5 Å². The molecule has 2 amide bonds. The quantitative estimate of drug-likeness (QED) is 0.348. The normalized spacial score (nSPS) is 13.9. The molecule has 40 heavy (non-hydrogen) atoms. The van der Waals surface area contributed by atoms with Gasteiger partial charge in [-0.1, -0.05) is 23.7 Å². The molecule has 1 saturated heterocycles. The summed E-state index contributed by atoms with van der Waals surface area (Å²) in [6.45, 7) is 10.5. The number of nitrogens with zero attached hydrogens (tertiary/aromatic N) is 3. The lowest BCUT2D eigenvalue weighted by molar-refractivity contribution is -0.142. The second kappa shape index (κ2) is 16.3. The minimum atomic E-state index is -0.407. The molecule has 1 fully saturated rings. The lowest BCUT2D eigenvalue weighted by Gasteiger charge is -2.35. The van der Waals surface area contributed by atoms with Gasteiger partial charge in [-0.3, -0.25) is 24.6 Å². The fourth-order valence-corrected chi connectivity index (χ4v) is 4.56. The van der Waals surface area contributed by atoms with Gasteiger partial charge in [-0.25, -0.2) is 0 Å². The van der Waals surface area contributed by atoms with E-state index in [0.717, 1.165) is 31.1 Å². The summed E-state index contributed by atoms with van der Waals surface area (Å²) >= 11 is 5.97. The maximum Gasteiger partial charge on any atom is 0.319 e. The number of hydrogen-bond acceptors (Lipinski definition) is 7. The summed E-state index contributed by atoms with van der Waals surface area (Å²) in [6.07, 6.45) is 0.985. The number of carbonyl (C=O) groups excluding carboxylic acids is 3. The van der Waals surface area contributed by atoms with E-state index in [2.05, 4.69) is 22.3 Å². The molecule has 1 aliphatic rings. The van der Waals surface area contributed by atoms with Crippen molar-refractivity contribution in [1.82, 2.24) is 15.1 Å². The molecule has 1 aliphatic heterocycles. The summed E-state index contributed by atoms with van der Waals surface area (Å²) in [4.78, 5) is 43.6. The molecule has 9 nitrogen and oxygen atoms in total. The number of ether oxygens (including phenoxy) is 2. The minimum Gasteiger partial charge on any atom is -0.465 e. The van der Waals surface area contributed by atoms with Crippen LogP contribution in [-0.4, -0.2) is 99.3 Å². The second-order valence-corrected chi connectivity index (χ2v) is 10.4. The molecule has 2 aromatic carbocycles. The maximum absolute atomic E-state index is 13.2. The molecule has 218 valence electrons. The summed E-state index contributed by atoms with van der Waals surface area (Å²) < 4.78 is 10.6. The molecule has 0 saturated carbocycles. The minimum absolute atomic E-state index is 0.0129. The Hall–Kier alpha value is -2.98. The average molecular weight is 573 g/mol. The zero-order valence-corrected chi connectivity index (χ0v) is 24.5. The molecule has 0 aliphatic carbocycles. The third kappa shape index (κ3) is 10.2.